The standard InChI is InChI=1S/C19H13FN4O2S3/c20-12-3-1-11(2-4-12)17(26)22-13-5-6-14-15(9-13)29-19(23-14)28-10-16(25)24-18-21-7-8-27-18/h1-9H,10H2,(H,22,26)(H,21,24,25). The topological polar surface area (TPSA) is 84.0 Å². The number of nitrogens with one attached hydrogen (secondary N) is 2. The van der Waals surface area contributed by atoms with Gasteiger partial charge in [0.25, 0.3) is 5.91 Å². The molecule has 146 valence electrons. The van der Waals surface area contributed by atoms with Gasteiger partial charge in [0, 0.05) is 22.8 Å². The van der Waals surface area contributed by atoms with Crippen LogP contribution >= 0.6 is 34.4 Å². The van der Waals surface area contributed by atoms with Crippen molar-refractivity contribution in [2.24, 2.45) is 0 Å². The van der Waals surface area contributed by atoms with Gasteiger partial charge in [-0.3, -0.25) is 9.59 Å². The Morgan fingerprint density at radius 1 is 1.10 bits per heavy atom. The Bertz CT molecular complexity index is 1160. The molecule has 0 saturated carbocycles. The summed E-state index contributed by atoms with van der Waals surface area (Å²) in [5.74, 6) is -0.620. The fourth-order valence-electron chi connectivity index (χ4n) is 2.42. The van der Waals surface area contributed by atoms with Gasteiger partial charge >= 0.3 is 0 Å². The summed E-state index contributed by atoms with van der Waals surface area (Å²) in [6.45, 7) is 0. The predicted octanol–water partition coefficient (Wildman–Crippen LogP) is 4.88. The van der Waals surface area contributed by atoms with Crippen molar-refractivity contribution in [1.29, 1.82) is 0 Å². The van der Waals surface area contributed by atoms with E-state index in [1.54, 1.807) is 17.6 Å². The molecule has 0 fully saturated rings. The Hall–Kier alpha value is -2.82. The number of benzene rings is 2. The van der Waals surface area contributed by atoms with Crippen molar-refractivity contribution < 1.29 is 14.0 Å². The number of rotatable bonds is 6. The summed E-state index contributed by atoms with van der Waals surface area (Å²) in [6.07, 6.45) is 1.63. The molecule has 0 aliphatic heterocycles. The summed E-state index contributed by atoms with van der Waals surface area (Å²) in [6, 6.07) is 10.8. The second-order valence-electron chi connectivity index (χ2n) is 5.80. The quantitative estimate of drug-likeness (QED) is 0.414. The van der Waals surface area contributed by atoms with E-state index in [1.807, 2.05) is 12.1 Å². The first-order valence-corrected chi connectivity index (χ1v) is 11.0. The average molecular weight is 445 g/mol. The highest BCUT2D eigenvalue weighted by Crippen LogP contribution is 2.31. The Morgan fingerprint density at radius 2 is 1.93 bits per heavy atom. The number of aromatic nitrogens is 2. The lowest BCUT2D eigenvalue weighted by molar-refractivity contribution is -0.113. The molecule has 4 aromatic rings. The summed E-state index contributed by atoms with van der Waals surface area (Å²) in [5, 5.41) is 7.89. The van der Waals surface area contributed by atoms with Crippen molar-refractivity contribution in [3.05, 3.63) is 65.4 Å². The molecule has 0 spiro atoms. The van der Waals surface area contributed by atoms with Gasteiger partial charge in [-0.25, -0.2) is 14.4 Å². The molecule has 0 radical (unpaired) electrons. The van der Waals surface area contributed by atoms with Crippen LogP contribution in [-0.2, 0) is 4.79 Å². The third kappa shape index (κ3) is 4.97. The van der Waals surface area contributed by atoms with E-state index in [0.29, 0.717) is 16.4 Å². The molecule has 2 aromatic heterocycles. The van der Waals surface area contributed by atoms with E-state index in [2.05, 4.69) is 20.6 Å². The van der Waals surface area contributed by atoms with E-state index in [4.69, 9.17) is 0 Å². The number of thioether (sulfide) groups is 1. The van der Waals surface area contributed by atoms with Crippen LogP contribution in [0.1, 0.15) is 10.4 Å². The van der Waals surface area contributed by atoms with Crippen LogP contribution in [0.3, 0.4) is 0 Å². The zero-order chi connectivity index (χ0) is 20.2. The Labute approximate surface area is 177 Å². The maximum absolute atomic E-state index is 13.0. The van der Waals surface area contributed by atoms with Crippen molar-refractivity contribution in [2.45, 2.75) is 4.34 Å². The molecule has 29 heavy (non-hydrogen) atoms. The largest absolute Gasteiger partial charge is 0.322 e. The van der Waals surface area contributed by atoms with Crippen molar-refractivity contribution in [2.75, 3.05) is 16.4 Å². The number of fused-ring (bicyclic) bond motifs is 1. The van der Waals surface area contributed by atoms with Crippen LogP contribution in [0.15, 0.2) is 58.4 Å². The van der Waals surface area contributed by atoms with Gasteiger partial charge in [-0.2, -0.15) is 0 Å². The molecule has 0 bridgehead atoms. The van der Waals surface area contributed by atoms with Crippen molar-refractivity contribution in [3.63, 3.8) is 0 Å². The molecule has 0 atom stereocenters. The van der Waals surface area contributed by atoms with Crippen LogP contribution in [0.2, 0.25) is 0 Å². The van der Waals surface area contributed by atoms with Gasteiger partial charge in [-0.15, -0.1) is 22.7 Å². The normalized spacial score (nSPS) is 10.8. The number of hydrogen-bond acceptors (Lipinski definition) is 7. The van der Waals surface area contributed by atoms with Crippen LogP contribution in [0, 0.1) is 5.82 Å². The summed E-state index contributed by atoms with van der Waals surface area (Å²) in [4.78, 5) is 32.8. The van der Waals surface area contributed by atoms with E-state index in [1.165, 1.54) is 58.7 Å². The molecule has 0 unspecified atom stereocenters. The highest BCUT2D eigenvalue weighted by atomic mass is 32.2. The monoisotopic (exact) mass is 444 g/mol. The van der Waals surface area contributed by atoms with Crippen LogP contribution in [0.25, 0.3) is 10.2 Å². The minimum atomic E-state index is -0.391. The highest BCUT2D eigenvalue weighted by molar-refractivity contribution is 8.01. The number of anilines is 2. The molecular weight excluding hydrogens is 431 g/mol. The molecule has 6 nitrogen and oxygen atoms in total. The van der Waals surface area contributed by atoms with E-state index in [-0.39, 0.29) is 17.6 Å². The van der Waals surface area contributed by atoms with Crippen LogP contribution in [-0.4, -0.2) is 27.5 Å². The number of carbonyl (C=O) groups excluding carboxylic acids is 2. The number of hydrogen-bond donors (Lipinski definition) is 2. The molecule has 2 N–H and O–H groups in total. The lowest BCUT2D eigenvalue weighted by Gasteiger charge is -2.05. The maximum atomic E-state index is 13.0. The third-order valence-electron chi connectivity index (χ3n) is 3.74. The van der Waals surface area contributed by atoms with Gasteiger partial charge in [-0.1, -0.05) is 11.8 Å². The number of thiazole rings is 2. The van der Waals surface area contributed by atoms with Crippen LogP contribution in [0.5, 0.6) is 0 Å². The maximum Gasteiger partial charge on any atom is 0.255 e. The average Bonchev–Trinajstić information content (AvgIpc) is 3.36. The molecule has 4 rings (SSSR count). The summed E-state index contributed by atoms with van der Waals surface area (Å²) < 4.78 is 14.6. The van der Waals surface area contributed by atoms with Gasteiger partial charge in [0.1, 0.15) is 5.82 Å². The molecular formula is C19H13FN4O2S3. The van der Waals surface area contributed by atoms with Crippen molar-refractivity contribution in [3.8, 4) is 0 Å². The van der Waals surface area contributed by atoms with Gasteiger partial charge < -0.3 is 10.6 Å². The molecule has 0 aliphatic carbocycles. The molecule has 0 aliphatic rings. The van der Waals surface area contributed by atoms with Gasteiger partial charge in [0.15, 0.2) is 9.47 Å². The lowest BCUT2D eigenvalue weighted by Crippen LogP contribution is -2.13. The summed E-state index contributed by atoms with van der Waals surface area (Å²) >= 11 is 4.15. The molecule has 0 saturated heterocycles. The Kier molecular flexibility index (Phi) is 5.84. The fourth-order valence-corrected chi connectivity index (χ4v) is 4.87. The Morgan fingerprint density at radius 3 is 2.69 bits per heavy atom. The third-order valence-corrected chi connectivity index (χ3v) is 6.59. The van der Waals surface area contributed by atoms with Crippen molar-refractivity contribution in [1.82, 2.24) is 9.97 Å². The van der Waals surface area contributed by atoms with E-state index in [0.717, 1.165) is 14.6 Å². The number of carbonyl (C=O) groups is 2. The number of halogens is 1. The zero-order valence-electron chi connectivity index (χ0n) is 14.7. The SMILES string of the molecule is O=C(CSc1nc2ccc(NC(=O)c3ccc(F)cc3)cc2s1)Nc1nccs1. The Balaban J connectivity index is 1.40. The van der Waals surface area contributed by atoms with E-state index < -0.39 is 5.82 Å². The van der Waals surface area contributed by atoms with Crippen LogP contribution < -0.4 is 10.6 Å². The van der Waals surface area contributed by atoms with E-state index >= 15 is 0 Å². The molecule has 2 amide bonds. The van der Waals surface area contributed by atoms with Crippen molar-refractivity contribution >= 4 is 67.3 Å². The highest BCUT2D eigenvalue weighted by Gasteiger charge is 2.11. The minimum Gasteiger partial charge on any atom is -0.322 e. The predicted molar refractivity (Wildman–Crippen MR) is 115 cm³/mol. The first-order valence-electron chi connectivity index (χ1n) is 8.36. The summed E-state index contributed by atoms with van der Waals surface area (Å²) in [5.41, 5.74) is 1.78. The van der Waals surface area contributed by atoms with Gasteiger partial charge in [0.05, 0.1) is 16.0 Å². The van der Waals surface area contributed by atoms with Gasteiger partial charge in [0.2, 0.25) is 5.91 Å². The molecule has 10 heteroatoms. The minimum absolute atomic E-state index is 0.142. The van der Waals surface area contributed by atoms with E-state index in [9.17, 15) is 14.0 Å². The zero-order valence-corrected chi connectivity index (χ0v) is 17.2. The summed E-state index contributed by atoms with van der Waals surface area (Å²) in [7, 11) is 0. The lowest BCUT2D eigenvalue weighted by atomic mass is 10.2. The number of nitrogens with zero attached hydrogens (tertiary/aromatic N) is 2. The second-order valence-corrected chi connectivity index (χ2v) is 8.95. The molecule has 2 heterocycles. The first-order chi connectivity index (χ1) is 14.1. The van der Waals surface area contributed by atoms with Gasteiger partial charge in [-0.05, 0) is 42.5 Å². The fraction of sp³-hybridized carbons (Fsp3) is 0.0526. The second kappa shape index (κ2) is 8.68. The molecule has 2 aromatic carbocycles. The first kappa shape index (κ1) is 19.5. The van der Waals surface area contributed by atoms with Crippen LogP contribution in [0.4, 0.5) is 15.2 Å². The smallest absolute Gasteiger partial charge is 0.255 e. The number of amides is 2.